The number of Topliss-reactive ketones (excluding diaryl/α,β-unsaturated/α-hetero) is 2. The molecule has 462 valence electrons. The van der Waals surface area contributed by atoms with Crippen LogP contribution in [0, 0.1) is 23.7 Å². The third kappa shape index (κ3) is 16.9. The molecule has 2 aromatic carbocycles. The molecule has 3 aliphatic heterocycles. The van der Waals surface area contributed by atoms with E-state index in [2.05, 4.69) is 26.3 Å². The smallest absolute Gasteiger partial charge is 0.412 e. The Hall–Kier alpha value is -6.94. The fraction of sp³-hybridized carbons (Fsp3) is 0.571. The summed E-state index contributed by atoms with van der Waals surface area (Å²) in [5.74, 6) is -2.98. The van der Waals surface area contributed by atoms with E-state index in [0.717, 1.165) is 43.2 Å². The van der Waals surface area contributed by atoms with Crippen molar-refractivity contribution in [1.82, 2.24) is 20.9 Å². The number of aromatic nitrogens is 1. The van der Waals surface area contributed by atoms with Crippen LogP contribution >= 0.6 is 11.6 Å². The standard InChI is InChI=1S/C63H84ClN7O14/c1-36(2)44(32-42(72)19-10-9-11-25-67-58(76)40-17-13-18-40)59(77)69-45(21-15-27-68-60(65)78)48(73)31-41-23-24-46(56-43(41)20-14-26-66-56)70-61(79)84-52-33-53(74)71(6)47-29-39(30-49(81-7)55(47)64)28-37(3)16-12-22-51(82-8)63(80)34-50(83-54(75)35-63)38(4)57-62(52,5)85-57/h12,14,16,20,22-24,26,29-30,36,38,40,44-45,50-52,57,80H,9-11,13,15,17-19,21,25,27-28,31-35H2,1-8H3,(H,67,76)(H,69,77)(H,70,79)(H3,65,68,78)/b22-12+,37-16+/t38-,44+,45+,50+,51-,52+,57+,62+,63-/m1/s1. The molecule has 1 aromatic heterocycles. The van der Waals surface area contributed by atoms with Crippen LogP contribution < -0.4 is 36.6 Å². The van der Waals surface area contributed by atoms with Crippen molar-refractivity contribution in [3.63, 3.8) is 0 Å². The minimum Gasteiger partial charge on any atom is -0.495 e. The summed E-state index contributed by atoms with van der Waals surface area (Å²) in [6, 6.07) is 8.45. The number of anilines is 2. The molecular formula is C63H84ClN7O14. The number of carbonyl (C=O) groups is 8. The van der Waals surface area contributed by atoms with E-state index >= 15 is 0 Å². The van der Waals surface area contributed by atoms with Crippen LogP contribution in [0.15, 0.2) is 66.4 Å². The molecule has 22 heteroatoms. The zero-order valence-corrected chi connectivity index (χ0v) is 50.9. The van der Waals surface area contributed by atoms with E-state index in [1.54, 1.807) is 69.4 Å². The number of allylic oxidation sites excluding steroid dienone is 3. The first-order valence-electron chi connectivity index (χ1n) is 29.5. The van der Waals surface area contributed by atoms with E-state index in [-0.39, 0.29) is 85.1 Å². The number of ketones is 2. The number of ether oxygens (including phenoxy) is 5. The highest BCUT2D eigenvalue weighted by Gasteiger charge is 2.64. The Bertz CT molecular complexity index is 3020. The number of hydrogen-bond donors (Lipinski definition) is 6. The number of nitrogens with zero attached hydrogens (tertiary/aromatic N) is 2. The number of nitrogens with one attached hydrogen (secondary N) is 4. The third-order valence-corrected chi connectivity index (χ3v) is 17.5. The van der Waals surface area contributed by atoms with Crippen molar-refractivity contribution in [3.05, 3.63) is 82.5 Å². The number of pyridine rings is 1. The van der Waals surface area contributed by atoms with Gasteiger partial charge in [0.2, 0.25) is 17.7 Å². The lowest BCUT2D eigenvalue weighted by molar-refractivity contribution is -0.187. The van der Waals surface area contributed by atoms with Crippen LogP contribution in [-0.4, -0.2) is 133 Å². The van der Waals surface area contributed by atoms with Crippen molar-refractivity contribution < 1.29 is 67.1 Å². The SMILES string of the molecule is COc1cc2cc(c1Cl)N(C)C(=O)C[C@H](OC(=O)Nc1ccc(CC(=O)[C@H](CCCNC(N)=O)NC(=O)[C@@H](CC(=O)CCCCCNC(=O)C3CCC3)C(C)C)c3cccnc13)[C@]1(C)O[C@H]1[C@H](C)[C@@H]1C[C@@](O)(CC(=O)O1)[C@H](OC)/C=C/C=C(\C)C2. The number of benzene rings is 2. The molecule has 21 nitrogen and oxygen atoms in total. The van der Waals surface area contributed by atoms with Crippen LogP contribution in [0.1, 0.15) is 129 Å². The molecule has 4 heterocycles. The number of epoxide rings is 1. The van der Waals surface area contributed by atoms with Gasteiger partial charge in [0.25, 0.3) is 0 Å². The van der Waals surface area contributed by atoms with Crippen molar-refractivity contribution in [3.8, 4) is 5.75 Å². The van der Waals surface area contributed by atoms with Crippen molar-refractivity contribution in [2.75, 3.05) is 44.6 Å². The molecule has 0 radical (unpaired) electrons. The number of aliphatic hydroxyl groups is 1. The number of rotatable bonds is 23. The van der Waals surface area contributed by atoms with Gasteiger partial charge in [-0.1, -0.05) is 81.1 Å². The summed E-state index contributed by atoms with van der Waals surface area (Å²) in [5.41, 5.74) is 5.40. The number of carbonyl (C=O) groups excluding carboxylic acids is 8. The second-order valence-electron chi connectivity index (χ2n) is 23.8. The van der Waals surface area contributed by atoms with E-state index in [4.69, 9.17) is 41.0 Å². The van der Waals surface area contributed by atoms with E-state index in [1.165, 1.54) is 25.3 Å². The summed E-state index contributed by atoms with van der Waals surface area (Å²) in [7, 11) is 4.48. The van der Waals surface area contributed by atoms with Gasteiger partial charge in [-0.25, -0.2) is 9.59 Å². The van der Waals surface area contributed by atoms with Gasteiger partial charge >= 0.3 is 18.1 Å². The highest BCUT2D eigenvalue weighted by atomic mass is 35.5. The van der Waals surface area contributed by atoms with Gasteiger partial charge in [-0.05, 0) is 100 Å². The lowest BCUT2D eigenvalue weighted by Crippen LogP contribution is -2.53. The Morgan fingerprint density at radius 2 is 1.76 bits per heavy atom. The van der Waals surface area contributed by atoms with Crippen LogP contribution in [0.3, 0.4) is 0 Å². The summed E-state index contributed by atoms with van der Waals surface area (Å²) in [6.07, 6.45) is 7.43. The molecule has 1 saturated carbocycles. The van der Waals surface area contributed by atoms with Gasteiger partial charge in [-0.2, -0.15) is 0 Å². The average Bonchev–Trinajstić information content (AvgIpc) is 1.64. The molecule has 7 N–H and O–H groups in total. The van der Waals surface area contributed by atoms with Crippen molar-refractivity contribution in [2.45, 2.75) is 173 Å². The number of nitrogens with two attached hydrogens (primary N) is 1. The molecule has 85 heavy (non-hydrogen) atoms. The maximum absolute atomic E-state index is 14.6. The number of fused-ring (bicyclic) bond motifs is 6. The molecule has 6 amide bonds. The lowest BCUT2D eigenvalue weighted by atomic mass is 9.78. The lowest BCUT2D eigenvalue weighted by Gasteiger charge is -2.41. The van der Waals surface area contributed by atoms with Gasteiger partial charge in [0.15, 0.2) is 5.78 Å². The quantitative estimate of drug-likeness (QED) is 0.0298. The zero-order valence-electron chi connectivity index (χ0n) is 50.1. The molecule has 0 spiro atoms. The topological polar surface area (TPSA) is 297 Å². The predicted octanol–water partition coefficient (Wildman–Crippen LogP) is 7.92. The first-order chi connectivity index (χ1) is 40.4. The first-order valence-corrected chi connectivity index (χ1v) is 29.9. The number of urea groups is 1. The Kier molecular flexibility index (Phi) is 22.7. The van der Waals surface area contributed by atoms with Crippen LogP contribution in [0.2, 0.25) is 5.02 Å². The Balaban J connectivity index is 1.09. The molecule has 9 atom stereocenters. The Morgan fingerprint density at radius 3 is 2.46 bits per heavy atom. The maximum Gasteiger partial charge on any atom is 0.412 e. The van der Waals surface area contributed by atoms with Gasteiger partial charge in [-0.3, -0.25) is 39.1 Å². The largest absolute Gasteiger partial charge is 0.495 e. The van der Waals surface area contributed by atoms with E-state index in [1.807, 2.05) is 26.8 Å². The summed E-state index contributed by atoms with van der Waals surface area (Å²) in [5, 5.41) is 24.0. The van der Waals surface area contributed by atoms with Gasteiger partial charge in [0.05, 0.1) is 49.0 Å². The number of hydrogen-bond acceptors (Lipinski definition) is 15. The molecule has 3 aromatic rings. The van der Waals surface area contributed by atoms with Crippen LogP contribution in [-0.2, 0) is 60.6 Å². The van der Waals surface area contributed by atoms with E-state index < -0.39 is 89.8 Å². The molecule has 7 rings (SSSR count). The molecule has 4 bridgehead atoms. The number of unbranched alkanes of at least 4 members (excludes halogenated alkanes) is 2. The zero-order chi connectivity index (χ0) is 61.8. The van der Waals surface area contributed by atoms with Crippen LogP contribution in [0.5, 0.6) is 5.75 Å². The van der Waals surface area contributed by atoms with E-state index in [0.29, 0.717) is 53.7 Å². The maximum atomic E-state index is 14.6. The highest BCUT2D eigenvalue weighted by Crippen LogP contribution is 2.50. The fourth-order valence-corrected chi connectivity index (χ4v) is 12.0. The summed E-state index contributed by atoms with van der Waals surface area (Å²) < 4.78 is 29.9. The molecule has 3 fully saturated rings. The average molecular weight is 1200 g/mol. The number of halogens is 1. The minimum absolute atomic E-state index is 0.00261. The first kappa shape index (κ1) is 65.6. The number of esters is 1. The normalized spacial score (nSPS) is 25.2. The van der Waals surface area contributed by atoms with Crippen molar-refractivity contribution in [2.24, 2.45) is 29.4 Å². The van der Waals surface area contributed by atoms with E-state index in [9.17, 15) is 43.5 Å². The molecule has 4 aliphatic rings. The predicted molar refractivity (Wildman–Crippen MR) is 320 cm³/mol. The highest BCUT2D eigenvalue weighted by molar-refractivity contribution is 6.35. The van der Waals surface area contributed by atoms with Crippen molar-refractivity contribution >= 4 is 81.3 Å². The fourth-order valence-electron chi connectivity index (χ4n) is 11.7. The second kappa shape index (κ2) is 29.4. The molecule has 1 aliphatic carbocycles. The number of methoxy groups -OCH3 is 2. The third-order valence-electron chi connectivity index (χ3n) is 17.1. The molecule has 2 saturated heterocycles. The van der Waals surface area contributed by atoms with Crippen LogP contribution in [0.4, 0.5) is 21.0 Å². The number of amides is 6. The molecule has 0 unspecified atom stereocenters. The summed E-state index contributed by atoms with van der Waals surface area (Å²) >= 11 is 6.88. The molecular weight excluding hydrogens is 1110 g/mol. The second-order valence-corrected chi connectivity index (χ2v) is 24.1. The summed E-state index contributed by atoms with van der Waals surface area (Å²) in [6.45, 7) is 9.82. The van der Waals surface area contributed by atoms with Gasteiger partial charge in [0, 0.05) is 82.3 Å². The monoisotopic (exact) mass is 1200 g/mol. The Morgan fingerprint density at radius 1 is 1.01 bits per heavy atom. The minimum atomic E-state index is -1.65. The van der Waals surface area contributed by atoms with Gasteiger partial charge in [0.1, 0.15) is 46.1 Å². The summed E-state index contributed by atoms with van der Waals surface area (Å²) in [4.78, 5) is 114. The van der Waals surface area contributed by atoms with Crippen molar-refractivity contribution in [1.29, 1.82) is 0 Å². The Labute approximate surface area is 502 Å². The number of primary amides is 1. The van der Waals surface area contributed by atoms with Gasteiger partial charge < -0.3 is 55.4 Å². The van der Waals surface area contributed by atoms with Crippen LogP contribution in [0.25, 0.3) is 10.9 Å². The van der Waals surface area contributed by atoms with Gasteiger partial charge in [-0.15, -0.1) is 0 Å².